The standard InChI is InChI=1S/C27H32Cl2N6O2/c1-15-25-26(35(32-15)16(2)22-6-5-20(28)10-23(22)29)31-24(11-30-25)34-13-19(14-34)17-4-3-7-33(12-17)21-8-18(9-21)27(36)37/h5-6,10-11,16-19,21H,3-4,7-9,12-14H2,1-2H3,(H,36,37)/t16-,17+,18?,21?/m1/s1. The Labute approximate surface area is 226 Å². The first kappa shape index (κ1) is 24.9. The molecule has 2 atom stereocenters. The molecule has 1 N–H and O–H groups in total. The topological polar surface area (TPSA) is 87.4 Å². The van der Waals surface area contributed by atoms with Gasteiger partial charge in [0.25, 0.3) is 0 Å². The Hall–Kier alpha value is -2.42. The number of piperidine rings is 1. The molecule has 3 aromatic rings. The van der Waals surface area contributed by atoms with Gasteiger partial charge < -0.3 is 14.9 Å². The summed E-state index contributed by atoms with van der Waals surface area (Å²) >= 11 is 12.6. The fourth-order valence-electron chi connectivity index (χ4n) is 6.28. The number of halogens is 2. The Balaban J connectivity index is 1.14. The van der Waals surface area contributed by atoms with Crippen molar-refractivity contribution in [3.05, 3.63) is 45.7 Å². The number of carboxylic acid groups (broad SMARTS) is 1. The average Bonchev–Trinajstić information content (AvgIpc) is 3.13. The lowest BCUT2D eigenvalue weighted by Crippen LogP contribution is -2.56. The Morgan fingerprint density at radius 3 is 2.68 bits per heavy atom. The Morgan fingerprint density at radius 2 is 1.95 bits per heavy atom. The molecular formula is C27H32Cl2N6O2. The number of benzene rings is 1. The number of aromatic nitrogens is 4. The minimum atomic E-state index is -0.639. The highest BCUT2D eigenvalue weighted by Crippen LogP contribution is 2.38. The maximum Gasteiger partial charge on any atom is 0.306 e. The number of hydrogen-bond acceptors (Lipinski definition) is 6. The fourth-order valence-corrected chi connectivity index (χ4v) is 6.84. The molecule has 3 fully saturated rings. The summed E-state index contributed by atoms with van der Waals surface area (Å²) < 4.78 is 1.91. The first-order valence-corrected chi connectivity index (χ1v) is 13.9. The van der Waals surface area contributed by atoms with Crippen LogP contribution in [-0.4, -0.2) is 67.9 Å². The lowest BCUT2D eigenvalue weighted by Gasteiger charge is -2.50. The van der Waals surface area contributed by atoms with Crippen LogP contribution in [0, 0.1) is 24.7 Å². The van der Waals surface area contributed by atoms with Crippen LogP contribution < -0.4 is 4.90 Å². The maximum atomic E-state index is 11.2. The minimum absolute atomic E-state index is 0.116. The number of carboxylic acids is 1. The molecule has 196 valence electrons. The third-order valence-corrected chi connectivity index (χ3v) is 9.27. The highest BCUT2D eigenvalue weighted by molar-refractivity contribution is 6.35. The van der Waals surface area contributed by atoms with Gasteiger partial charge in [0, 0.05) is 35.7 Å². The summed E-state index contributed by atoms with van der Waals surface area (Å²) in [5.74, 6) is 1.39. The van der Waals surface area contributed by atoms with Gasteiger partial charge in [-0.2, -0.15) is 5.10 Å². The quantitative estimate of drug-likeness (QED) is 0.465. The molecule has 4 heterocycles. The molecule has 1 aromatic carbocycles. The summed E-state index contributed by atoms with van der Waals surface area (Å²) in [7, 11) is 0. The van der Waals surface area contributed by atoms with Gasteiger partial charge in [0.1, 0.15) is 11.3 Å². The molecule has 1 saturated carbocycles. The molecule has 2 aromatic heterocycles. The van der Waals surface area contributed by atoms with Crippen molar-refractivity contribution >= 4 is 46.2 Å². The lowest BCUT2D eigenvalue weighted by molar-refractivity contribution is -0.147. The van der Waals surface area contributed by atoms with Gasteiger partial charge in [-0.3, -0.25) is 4.79 Å². The van der Waals surface area contributed by atoms with E-state index in [1.54, 1.807) is 6.07 Å². The summed E-state index contributed by atoms with van der Waals surface area (Å²) in [4.78, 5) is 25.8. The van der Waals surface area contributed by atoms with E-state index in [1.807, 2.05) is 29.9 Å². The van der Waals surface area contributed by atoms with Crippen molar-refractivity contribution in [1.82, 2.24) is 24.6 Å². The van der Waals surface area contributed by atoms with Crippen molar-refractivity contribution in [1.29, 1.82) is 0 Å². The number of fused-ring (bicyclic) bond motifs is 1. The van der Waals surface area contributed by atoms with Crippen molar-refractivity contribution in [3.63, 3.8) is 0 Å². The molecule has 0 amide bonds. The number of likely N-dealkylation sites (tertiary alicyclic amines) is 1. The molecule has 10 heteroatoms. The highest BCUT2D eigenvalue weighted by Gasteiger charge is 2.42. The number of aryl methyl sites for hydroxylation is 1. The predicted octanol–water partition coefficient (Wildman–Crippen LogP) is 5.06. The van der Waals surface area contributed by atoms with Gasteiger partial charge in [0.2, 0.25) is 0 Å². The largest absolute Gasteiger partial charge is 0.481 e. The zero-order chi connectivity index (χ0) is 25.8. The maximum absolute atomic E-state index is 11.2. The third-order valence-electron chi connectivity index (χ3n) is 8.71. The second-order valence-electron chi connectivity index (χ2n) is 11.0. The van der Waals surface area contributed by atoms with Crippen LogP contribution in [0.5, 0.6) is 0 Å². The number of carbonyl (C=O) groups is 1. The average molecular weight is 543 g/mol. The molecule has 0 bridgehead atoms. The Morgan fingerprint density at radius 1 is 1.16 bits per heavy atom. The number of nitrogens with zero attached hydrogens (tertiary/aromatic N) is 6. The van der Waals surface area contributed by atoms with Gasteiger partial charge in [-0.15, -0.1) is 0 Å². The fraction of sp³-hybridized carbons (Fsp3) is 0.556. The number of hydrogen-bond donors (Lipinski definition) is 1. The van der Waals surface area contributed by atoms with Gasteiger partial charge in [0.05, 0.1) is 23.9 Å². The third kappa shape index (κ3) is 4.57. The van der Waals surface area contributed by atoms with Crippen LogP contribution in [-0.2, 0) is 4.79 Å². The van der Waals surface area contributed by atoms with E-state index in [2.05, 4.69) is 16.7 Å². The molecule has 3 aliphatic rings. The van der Waals surface area contributed by atoms with E-state index in [4.69, 9.17) is 38.3 Å². The van der Waals surface area contributed by atoms with Crippen LogP contribution in [0.3, 0.4) is 0 Å². The summed E-state index contributed by atoms with van der Waals surface area (Å²) in [5, 5.41) is 15.2. The predicted molar refractivity (Wildman–Crippen MR) is 144 cm³/mol. The monoisotopic (exact) mass is 542 g/mol. The van der Waals surface area contributed by atoms with Crippen LogP contribution in [0.15, 0.2) is 24.4 Å². The van der Waals surface area contributed by atoms with E-state index < -0.39 is 5.97 Å². The summed E-state index contributed by atoms with van der Waals surface area (Å²) in [6.07, 6.45) is 5.93. The van der Waals surface area contributed by atoms with Crippen LogP contribution in [0.2, 0.25) is 10.0 Å². The van der Waals surface area contributed by atoms with Crippen LogP contribution in [0.25, 0.3) is 11.2 Å². The summed E-state index contributed by atoms with van der Waals surface area (Å²) in [6, 6.07) is 5.88. The molecular weight excluding hydrogens is 511 g/mol. The molecule has 6 rings (SSSR count). The molecule has 2 aliphatic heterocycles. The SMILES string of the molecule is Cc1nn([C@H](C)c2ccc(Cl)cc2Cl)c2nc(N3CC([C@H]4CCCN(C5CC(C(=O)O)C5)C4)C3)cnc12. The summed E-state index contributed by atoms with van der Waals surface area (Å²) in [5.41, 5.74) is 3.35. The molecule has 0 spiro atoms. The second-order valence-corrected chi connectivity index (χ2v) is 11.8. The molecule has 0 radical (unpaired) electrons. The van der Waals surface area contributed by atoms with Crippen molar-refractivity contribution in [2.75, 3.05) is 31.1 Å². The van der Waals surface area contributed by atoms with Crippen molar-refractivity contribution in [3.8, 4) is 0 Å². The molecule has 2 saturated heterocycles. The van der Waals surface area contributed by atoms with Crippen LogP contribution in [0.1, 0.15) is 49.9 Å². The van der Waals surface area contributed by atoms with Crippen LogP contribution in [0.4, 0.5) is 5.82 Å². The number of rotatable bonds is 6. The smallest absolute Gasteiger partial charge is 0.306 e. The van der Waals surface area contributed by atoms with Gasteiger partial charge in [-0.1, -0.05) is 29.3 Å². The van der Waals surface area contributed by atoms with E-state index in [9.17, 15) is 9.90 Å². The molecule has 37 heavy (non-hydrogen) atoms. The van der Waals surface area contributed by atoms with Gasteiger partial charge in [-0.05, 0) is 75.6 Å². The zero-order valence-corrected chi connectivity index (χ0v) is 22.7. The van der Waals surface area contributed by atoms with E-state index in [0.29, 0.717) is 27.9 Å². The summed E-state index contributed by atoms with van der Waals surface area (Å²) in [6.45, 7) is 8.17. The normalized spacial score (nSPS) is 25.6. The van der Waals surface area contributed by atoms with Crippen molar-refractivity contribution in [2.45, 2.75) is 51.6 Å². The first-order chi connectivity index (χ1) is 17.8. The van der Waals surface area contributed by atoms with Crippen molar-refractivity contribution in [2.24, 2.45) is 17.8 Å². The molecule has 8 nitrogen and oxygen atoms in total. The number of anilines is 1. The van der Waals surface area contributed by atoms with Crippen LogP contribution >= 0.6 is 23.2 Å². The van der Waals surface area contributed by atoms with E-state index in [1.165, 1.54) is 12.8 Å². The van der Waals surface area contributed by atoms with E-state index in [0.717, 1.165) is 67.3 Å². The van der Waals surface area contributed by atoms with Gasteiger partial charge >= 0.3 is 5.97 Å². The number of aliphatic carboxylic acids is 1. The van der Waals surface area contributed by atoms with E-state index in [-0.39, 0.29) is 12.0 Å². The zero-order valence-electron chi connectivity index (χ0n) is 21.1. The lowest BCUT2D eigenvalue weighted by atomic mass is 9.76. The highest BCUT2D eigenvalue weighted by atomic mass is 35.5. The molecule has 1 aliphatic carbocycles. The second kappa shape index (κ2) is 9.71. The van der Waals surface area contributed by atoms with Gasteiger partial charge in [0.15, 0.2) is 5.65 Å². The first-order valence-electron chi connectivity index (χ1n) is 13.2. The van der Waals surface area contributed by atoms with Gasteiger partial charge in [-0.25, -0.2) is 14.6 Å². The minimum Gasteiger partial charge on any atom is -0.481 e. The van der Waals surface area contributed by atoms with E-state index >= 15 is 0 Å². The molecule has 0 unspecified atom stereocenters. The Kier molecular flexibility index (Phi) is 6.53. The van der Waals surface area contributed by atoms with Crippen molar-refractivity contribution < 1.29 is 9.90 Å². The Bertz CT molecular complexity index is 1330.